The number of methoxy groups -OCH3 is 1. The number of benzene rings is 1. The summed E-state index contributed by atoms with van der Waals surface area (Å²) in [5.74, 6) is -0.635. The summed E-state index contributed by atoms with van der Waals surface area (Å²) in [4.78, 5) is 32.9. The summed E-state index contributed by atoms with van der Waals surface area (Å²) >= 11 is 2.09. The van der Waals surface area contributed by atoms with Gasteiger partial charge in [-0.1, -0.05) is 31.9 Å². The van der Waals surface area contributed by atoms with Crippen LogP contribution in [0.5, 0.6) is 11.5 Å². The first-order valence-corrected chi connectivity index (χ1v) is 15.9. The molecule has 8 nitrogen and oxygen atoms in total. The van der Waals surface area contributed by atoms with Crippen molar-refractivity contribution in [1.29, 1.82) is 0 Å². The molecule has 0 radical (unpaired) electrons. The second kappa shape index (κ2) is 13.3. The van der Waals surface area contributed by atoms with Crippen molar-refractivity contribution in [2.75, 3.05) is 13.7 Å². The molecule has 0 saturated carbocycles. The number of likely N-dealkylation sites (tertiary alicyclic amines) is 1. The summed E-state index contributed by atoms with van der Waals surface area (Å²) in [6.45, 7) is 4.55. The molecule has 0 spiro atoms. The lowest BCUT2D eigenvalue weighted by Crippen LogP contribution is -2.46. The Balaban J connectivity index is 1.49. The normalized spacial score (nSPS) is 24.3. The molecule has 2 aliphatic heterocycles. The van der Waals surface area contributed by atoms with E-state index in [2.05, 4.69) is 34.5 Å². The standard InChI is InChI=1S/C32H38BIN2O6/c1-4-8-21-17-22-29(32(39)36(13-5-2)31(22)38)23-18-33(40)42-26(28(21)23)11-10-20(25-9-6-7-12-35-25)14-19-15-24(34)30(37)27(16-19)41-3/h6-7,9,12,14-16,22-23,26,29,37,40H,4-5,8,10-11,13,17-18H2,1-3H3/b20-14-/t22-,23+,26-,29-/m1/s1. The van der Waals surface area contributed by atoms with Crippen molar-refractivity contribution in [3.63, 3.8) is 0 Å². The number of phenolic OH excluding ortho intramolecular Hbond substituents is 1. The van der Waals surface area contributed by atoms with Gasteiger partial charge in [0, 0.05) is 12.7 Å². The van der Waals surface area contributed by atoms with Crippen LogP contribution in [0.4, 0.5) is 0 Å². The SMILES string of the molecule is CCCC1=C2[C@@H](CC/C(=C/c3cc(I)c(O)c(OC)c3)c3ccccn3)OB(O)C[C@@H]2[C@@H]2C(=O)N(CCC)C(=O)[C@@H]2C1. The monoisotopic (exact) mass is 684 g/mol. The molecule has 1 aliphatic carbocycles. The largest absolute Gasteiger partial charge is 0.504 e. The molecule has 3 aliphatic rings. The van der Waals surface area contributed by atoms with E-state index in [9.17, 15) is 19.7 Å². The summed E-state index contributed by atoms with van der Waals surface area (Å²) in [5.41, 5.74) is 5.00. The van der Waals surface area contributed by atoms with E-state index in [-0.39, 0.29) is 35.5 Å². The van der Waals surface area contributed by atoms with Crippen LogP contribution in [-0.4, -0.2) is 58.7 Å². The Morgan fingerprint density at radius 1 is 1.21 bits per heavy atom. The van der Waals surface area contributed by atoms with Gasteiger partial charge in [0.15, 0.2) is 11.5 Å². The Kier molecular flexibility index (Phi) is 9.74. The number of amides is 2. The van der Waals surface area contributed by atoms with E-state index in [4.69, 9.17) is 9.39 Å². The fourth-order valence-electron chi connectivity index (χ4n) is 6.96. The van der Waals surface area contributed by atoms with E-state index in [1.165, 1.54) is 17.6 Å². The van der Waals surface area contributed by atoms with Crippen molar-refractivity contribution >= 4 is 53.2 Å². The van der Waals surface area contributed by atoms with E-state index in [0.717, 1.165) is 41.7 Å². The number of aromatic hydroxyl groups is 1. The highest BCUT2D eigenvalue weighted by Gasteiger charge is 2.56. The van der Waals surface area contributed by atoms with Crippen LogP contribution >= 0.6 is 22.6 Å². The summed E-state index contributed by atoms with van der Waals surface area (Å²) < 4.78 is 12.3. The Bertz CT molecular complexity index is 1400. The topological polar surface area (TPSA) is 109 Å². The molecule has 0 unspecified atom stereocenters. The molecule has 2 N–H and O–H groups in total. The molecule has 1 aromatic heterocycles. The van der Waals surface area contributed by atoms with Crippen molar-refractivity contribution < 1.29 is 29.1 Å². The van der Waals surface area contributed by atoms with Crippen LogP contribution < -0.4 is 4.74 Å². The maximum Gasteiger partial charge on any atom is 0.455 e. The summed E-state index contributed by atoms with van der Waals surface area (Å²) in [5, 5.41) is 21.2. The number of rotatable bonds is 10. The third kappa shape index (κ3) is 6.03. The molecule has 2 fully saturated rings. The molecular formula is C32H38BIN2O6. The lowest BCUT2D eigenvalue weighted by molar-refractivity contribution is -0.140. The van der Waals surface area contributed by atoms with E-state index < -0.39 is 13.0 Å². The molecule has 2 aromatic rings. The van der Waals surface area contributed by atoms with Gasteiger partial charge >= 0.3 is 7.12 Å². The first-order valence-electron chi connectivity index (χ1n) is 14.9. The van der Waals surface area contributed by atoms with E-state index in [0.29, 0.717) is 41.4 Å². The number of aromatic nitrogens is 1. The number of hydrogen-bond acceptors (Lipinski definition) is 7. The molecule has 4 atom stereocenters. The average Bonchev–Trinajstić information content (AvgIpc) is 3.22. The molecule has 5 rings (SSSR count). The number of imide groups is 1. The number of hydrogen-bond donors (Lipinski definition) is 2. The number of phenols is 1. The third-order valence-electron chi connectivity index (χ3n) is 8.68. The number of carbonyl (C=O) groups is 2. The molecule has 222 valence electrons. The van der Waals surface area contributed by atoms with Gasteiger partial charge in [0.25, 0.3) is 0 Å². The van der Waals surface area contributed by atoms with Gasteiger partial charge in [0.05, 0.1) is 34.3 Å². The first-order chi connectivity index (χ1) is 20.3. The maximum atomic E-state index is 13.5. The van der Waals surface area contributed by atoms with Crippen molar-refractivity contribution in [3.05, 3.63) is 62.5 Å². The van der Waals surface area contributed by atoms with Gasteiger partial charge in [-0.15, -0.1) is 0 Å². The zero-order valence-electron chi connectivity index (χ0n) is 24.4. The number of carbonyl (C=O) groups excluding carboxylic acids is 2. The zero-order chi connectivity index (χ0) is 30.0. The Morgan fingerprint density at radius 2 is 2.02 bits per heavy atom. The quantitative estimate of drug-likeness (QED) is 0.143. The summed E-state index contributed by atoms with van der Waals surface area (Å²) in [6, 6.07) is 9.48. The molecule has 0 bridgehead atoms. The smallest absolute Gasteiger partial charge is 0.455 e. The molecule has 2 saturated heterocycles. The third-order valence-corrected chi connectivity index (χ3v) is 9.50. The number of fused-ring (bicyclic) bond motifs is 3. The van der Waals surface area contributed by atoms with Crippen LogP contribution in [0.3, 0.4) is 0 Å². The Morgan fingerprint density at radius 3 is 2.71 bits per heavy atom. The number of ether oxygens (including phenoxy) is 1. The fraction of sp³-hybridized carbons (Fsp3) is 0.469. The van der Waals surface area contributed by atoms with Gasteiger partial charge in [-0.25, -0.2) is 0 Å². The van der Waals surface area contributed by atoms with Crippen LogP contribution in [0, 0.1) is 21.3 Å². The van der Waals surface area contributed by atoms with E-state index in [1.54, 1.807) is 12.3 Å². The van der Waals surface area contributed by atoms with Crippen molar-refractivity contribution in [1.82, 2.24) is 9.88 Å². The van der Waals surface area contributed by atoms with Crippen molar-refractivity contribution in [3.8, 4) is 11.5 Å². The van der Waals surface area contributed by atoms with Crippen molar-refractivity contribution in [2.45, 2.75) is 64.8 Å². The summed E-state index contributed by atoms with van der Waals surface area (Å²) in [7, 11) is 0.527. The van der Waals surface area contributed by atoms with E-state index >= 15 is 0 Å². The van der Waals surface area contributed by atoms with Crippen LogP contribution in [-0.2, 0) is 14.2 Å². The highest BCUT2D eigenvalue weighted by atomic mass is 127. The lowest BCUT2D eigenvalue weighted by atomic mass is 9.58. The molecule has 1 aromatic carbocycles. The number of allylic oxidation sites excluding steroid dienone is 2. The minimum atomic E-state index is -1.00. The number of nitrogens with zero attached hydrogens (tertiary/aromatic N) is 2. The lowest BCUT2D eigenvalue weighted by Gasteiger charge is -2.43. The second-order valence-electron chi connectivity index (χ2n) is 11.4. The van der Waals surface area contributed by atoms with Gasteiger partial charge in [-0.2, -0.15) is 0 Å². The predicted molar refractivity (Wildman–Crippen MR) is 170 cm³/mol. The highest BCUT2D eigenvalue weighted by Crippen LogP contribution is 2.51. The summed E-state index contributed by atoms with van der Waals surface area (Å²) in [6.07, 6.45) is 8.04. The van der Waals surface area contributed by atoms with Crippen LogP contribution in [0.1, 0.15) is 63.6 Å². The molecule has 42 heavy (non-hydrogen) atoms. The second-order valence-corrected chi connectivity index (χ2v) is 12.5. The van der Waals surface area contributed by atoms with Crippen LogP contribution in [0.15, 0.2) is 47.7 Å². The fourth-order valence-corrected chi connectivity index (χ4v) is 7.58. The van der Waals surface area contributed by atoms with Gasteiger partial charge < -0.3 is 19.5 Å². The molecule has 2 amide bonds. The Labute approximate surface area is 261 Å². The van der Waals surface area contributed by atoms with Gasteiger partial charge in [-0.05, 0) is 114 Å². The van der Waals surface area contributed by atoms with Crippen molar-refractivity contribution in [2.24, 2.45) is 17.8 Å². The highest BCUT2D eigenvalue weighted by molar-refractivity contribution is 14.1. The first kappa shape index (κ1) is 30.8. The average molecular weight is 684 g/mol. The number of pyridine rings is 1. The van der Waals surface area contributed by atoms with E-state index in [1.807, 2.05) is 37.3 Å². The minimum absolute atomic E-state index is 0.0589. The predicted octanol–water partition coefficient (Wildman–Crippen LogP) is 5.73. The Hall–Kier alpha value is -2.70. The minimum Gasteiger partial charge on any atom is -0.504 e. The zero-order valence-corrected chi connectivity index (χ0v) is 26.5. The number of halogens is 1. The van der Waals surface area contributed by atoms with Gasteiger partial charge in [0.1, 0.15) is 0 Å². The van der Waals surface area contributed by atoms with Crippen LogP contribution in [0.2, 0.25) is 6.32 Å². The van der Waals surface area contributed by atoms with Crippen LogP contribution in [0.25, 0.3) is 11.6 Å². The molecule has 10 heteroatoms. The van der Waals surface area contributed by atoms with Gasteiger partial charge in [-0.3, -0.25) is 19.5 Å². The van der Waals surface area contributed by atoms with Gasteiger partial charge in [0.2, 0.25) is 11.8 Å². The molecular weight excluding hydrogens is 646 g/mol. The molecule has 3 heterocycles. The maximum absolute atomic E-state index is 13.5.